The fourth-order valence-corrected chi connectivity index (χ4v) is 6.48. The van der Waals surface area contributed by atoms with Crippen molar-refractivity contribution in [3.05, 3.63) is 29.8 Å². The number of ketones is 1. The third-order valence-electron chi connectivity index (χ3n) is 6.43. The maximum Gasteiger partial charge on any atom is 0.233 e. The highest BCUT2D eigenvalue weighted by molar-refractivity contribution is 7.92. The van der Waals surface area contributed by atoms with Gasteiger partial charge in [-0.2, -0.15) is 0 Å². The minimum Gasteiger partial charge on any atom is -0.299 e. The van der Waals surface area contributed by atoms with Gasteiger partial charge in [-0.3, -0.25) is 9.52 Å². The summed E-state index contributed by atoms with van der Waals surface area (Å²) in [5.74, 6) is 0.755. The zero-order valence-electron chi connectivity index (χ0n) is 14.9. The fourth-order valence-electron chi connectivity index (χ4n) is 4.58. The van der Waals surface area contributed by atoms with Crippen molar-refractivity contribution in [1.29, 1.82) is 0 Å². The van der Waals surface area contributed by atoms with Gasteiger partial charge in [0.15, 0.2) is 0 Å². The number of nitrogens with one attached hydrogen (secondary N) is 1. The van der Waals surface area contributed by atoms with Gasteiger partial charge < -0.3 is 0 Å². The van der Waals surface area contributed by atoms with Gasteiger partial charge in [0, 0.05) is 12.1 Å². The van der Waals surface area contributed by atoms with Crippen molar-refractivity contribution < 1.29 is 13.2 Å². The number of sulfonamides is 1. The summed E-state index contributed by atoms with van der Waals surface area (Å²) in [6.07, 6.45) is 2.18. The SMILES string of the molecule is CC(C)c1ccc(NS(=O)(=O)C[C@@]23CC[C@H](CC2=O)C3(C)C)cc1. The molecule has 0 saturated heterocycles. The van der Waals surface area contributed by atoms with Crippen LogP contribution in [0.4, 0.5) is 5.69 Å². The molecule has 5 heteroatoms. The Morgan fingerprint density at radius 1 is 1.21 bits per heavy atom. The molecule has 2 aliphatic carbocycles. The van der Waals surface area contributed by atoms with Crippen LogP contribution in [0.2, 0.25) is 0 Å². The summed E-state index contributed by atoms with van der Waals surface area (Å²) in [7, 11) is -3.57. The molecule has 2 saturated carbocycles. The number of anilines is 1. The molecule has 0 heterocycles. The average molecular weight is 349 g/mol. The van der Waals surface area contributed by atoms with E-state index in [4.69, 9.17) is 0 Å². The van der Waals surface area contributed by atoms with Gasteiger partial charge in [0.25, 0.3) is 0 Å². The molecule has 2 fully saturated rings. The van der Waals surface area contributed by atoms with E-state index >= 15 is 0 Å². The van der Waals surface area contributed by atoms with Gasteiger partial charge in [0.05, 0.1) is 11.2 Å². The van der Waals surface area contributed by atoms with E-state index in [2.05, 4.69) is 32.4 Å². The molecule has 132 valence electrons. The number of fused-ring (bicyclic) bond motifs is 2. The van der Waals surface area contributed by atoms with E-state index in [1.165, 1.54) is 5.56 Å². The zero-order valence-corrected chi connectivity index (χ0v) is 15.7. The Morgan fingerprint density at radius 2 is 1.83 bits per heavy atom. The fraction of sp³-hybridized carbons (Fsp3) is 0.632. The van der Waals surface area contributed by atoms with Crippen molar-refractivity contribution in [1.82, 2.24) is 0 Å². The maximum absolute atomic E-state index is 12.7. The highest BCUT2D eigenvalue weighted by Gasteiger charge is 2.65. The lowest BCUT2D eigenvalue weighted by Crippen LogP contribution is -2.43. The van der Waals surface area contributed by atoms with Crippen LogP contribution in [0.5, 0.6) is 0 Å². The number of rotatable bonds is 5. The van der Waals surface area contributed by atoms with Crippen LogP contribution in [0.1, 0.15) is 58.4 Å². The molecule has 0 radical (unpaired) electrons. The van der Waals surface area contributed by atoms with Gasteiger partial charge in [-0.25, -0.2) is 8.42 Å². The van der Waals surface area contributed by atoms with Crippen LogP contribution < -0.4 is 4.72 Å². The Balaban J connectivity index is 1.80. The first-order valence-electron chi connectivity index (χ1n) is 8.71. The molecule has 0 amide bonds. The minimum atomic E-state index is -3.57. The number of Topliss-reactive ketones (excluding diaryl/α,β-unsaturated/α-hetero) is 1. The van der Waals surface area contributed by atoms with Crippen molar-refractivity contribution in [2.24, 2.45) is 16.7 Å². The summed E-state index contributed by atoms with van der Waals surface area (Å²) in [4.78, 5) is 12.5. The highest BCUT2D eigenvalue weighted by Crippen LogP contribution is 2.64. The summed E-state index contributed by atoms with van der Waals surface area (Å²) in [5, 5.41) is 0. The normalized spacial score (nSPS) is 28.5. The molecule has 4 nitrogen and oxygen atoms in total. The van der Waals surface area contributed by atoms with Gasteiger partial charge in [-0.15, -0.1) is 0 Å². The second-order valence-electron chi connectivity index (χ2n) is 8.30. The van der Waals surface area contributed by atoms with Gasteiger partial charge in [-0.1, -0.05) is 39.8 Å². The molecule has 1 aromatic rings. The second-order valence-corrected chi connectivity index (χ2v) is 10.0. The first-order chi connectivity index (χ1) is 11.1. The van der Waals surface area contributed by atoms with Crippen LogP contribution in [-0.4, -0.2) is 20.0 Å². The summed E-state index contributed by atoms with van der Waals surface area (Å²) in [6, 6.07) is 7.47. The van der Waals surface area contributed by atoms with E-state index in [0.717, 1.165) is 6.42 Å². The van der Waals surface area contributed by atoms with Crippen LogP contribution in [0, 0.1) is 16.7 Å². The average Bonchev–Trinajstić information content (AvgIpc) is 2.81. The molecule has 3 rings (SSSR count). The lowest BCUT2D eigenvalue weighted by atomic mass is 9.70. The molecule has 24 heavy (non-hydrogen) atoms. The molecule has 0 unspecified atom stereocenters. The Hall–Kier alpha value is -1.36. The summed E-state index contributed by atoms with van der Waals surface area (Å²) >= 11 is 0. The van der Waals surface area contributed by atoms with Crippen LogP contribution in [0.15, 0.2) is 24.3 Å². The molecule has 2 atom stereocenters. The molecule has 0 spiro atoms. The third-order valence-corrected chi connectivity index (χ3v) is 7.85. The molecule has 1 aromatic carbocycles. The molecule has 0 aliphatic heterocycles. The Morgan fingerprint density at radius 3 is 2.29 bits per heavy atom. The molecular formula is C19H27NO3S. The molecule has 2 bridgehead atoms. The van der Waals surface area contributed by atoms with Crippen molar-refractivity contribution in [2.75, 3.05) is 10.5 Å². The summed E-state index contributed by atoms with van der Waals surface area (Å²) < 4.78 is 28.1. The van der Waals surface area contributed by atoms with Crippen LogP contribution in [0.25, 0.3) is 0 Å². The largest absolute Gasteiger partial charge is 0.299 e. The second kappa shape index (κ2) is 5.58. The maximum atomic E-state index is 12.7. The first kappa shape index (κ1) is 17.5. The Labute approximate surface area is 145 Å². The quantitative estimate of drug-likeness (QED) is 0.875. The molecule has 1 N–H and O–H groups in total. The van der Waals surface area contributed by atoms with E-state index in [1.54, 1.807) is 12.1 Å². The number of carbonyl (C=O) groups is 1. The van der Waals surface area contributed by atoms with Crippen molar-refractivity contribution in [3.63, 3.8) is 0 Å². The van der Waals surface area contributed by atoms with Crippen molar-refractivity contribution in [2.45, 2.75) is 52.9 Å². The zero-order chi connectivity index (χ0) is 17.8. The molecule has 2 aliphatic rings. The Bertz CT molecular complexity index is 749. The highest BCUT2D eigenvalue weighted by atomic mass is 32.2. The number of hydrogen-bond acceptors (Lipinski definition) is 3. The standard InChI is InChI=1S/C19H27NO3S/c1-13(2)14-5-7-16(8-6-14)20-24(22,23)12-19-10-9-15(11-17(19)21)18(19,3)4/h5-8,13,15,20H,9-12H2,1-4H3/t15-,19+/m1/s1. The molecule has 0 aromatic heterocycles. The predicted molar refractivity (Wildman–Crippen MR) is 96.5 cm³/mol. The van der Waals surface area contributed by atoms with Crippen molar-refractivity contribution in [3.8, 4) is 0 Å². The number of hydrogen-bond donors (Lipinski definition) is 1. The van der Waals surface area contributed by atoms with E-state index in [-0.39, 0.29) is 17.0 Å². The smallest absolute Gasteiger partial charge is 0.233 e. The van der Waals surface area contributed by atoms with E-state index in [9.17, 15) is 13.2 Å². The lowest BCUT2D eigenvalue weighted by Gasteiger charge is -2.36. The van der Waals surface area contributed by atoms with Gasteiger partial charge in [-0.05, 0) is 47.8 Å². The van der Waals surface area contributed by atoms with Crippen LogP contribution >= 0.6 is 0 Å². The monoisotopic (exact) mass is 349 g/mol. The summed E-state index contributed by atoms with van der Waals surface area (Å²) in [5.41, 5.74) is 0.776. The Kier molecular flexibility index (Phi) is 4.06. The first-order valence-corrected chi connectivity index (χ1v) is 10.4. The van der Waals surface area contributed by atoms with Gasteiger partial charge >= 0.3 is 0 Å². The lowest BCUT2D eigenvalue weighted by molar-refractivity contribution is -0.128. The van der Waals surface area contributed by atoms with Crippen molar-refractivity contribution >= 4 is 21.5 Å². The van der Waals surface area contributed by atoms with Crippen LogP contribution in [0.3, 0.4) is 0 Å². The van der Waals surface area contributed by atoms with E-state index < -0.39 is 15.4 Å². The predicted octanol–water partition coefficient (Wildman–Crippen LogP) is 3.95. The van der Waals surface area contributed by atoms with E-state index in [1.807, 2.05) is 12.1 Å². The van der Waals surface area contributed by atoms with Gasteiger partial charge in [0.1, 0.15) is 5.78 Å². The third kappa shape index (κ3) is 2.67. The van der Waals surface area contributed by atoms with E-state index in [0.29, 0.717) is 30.4 Å². The minimum absolute atomic E-state index is 0.103. The van der Waals surface area contributed by atoms with Gasteiger partial charge in [0.2, 0.25) is 10.0 Å². The number of benzene rings is 1. The number of carbonyl (C=O) groups excluding carboxylic acids is 1. The van der Waals surface area contributed by atoms with Crippen LogP contribution in [-0.2, 0) is 14.8 Å². The summed E-state index contributed by atoms with van der Waals surface area (Å²) in [6.45, 7) is 8.32. The molecular weight excluding hydrogens is 322 g/mol. The topological polar surface area (TPSA) is 63.2 Å².